The number of carbonyl (C=O) groups excluding carboxylic acids is 1. The van der Waals surface area contributed by atoms with Crippen molar-refractivity contribution in [1.82, 2.24) is 0 Å². The molecule has 0 heterocycles. The molecule has 0 aliphatic rings. The fraction of sp³-hybridized carbons (Fsp3) is 0.118. The molecule has 2 aromatic rings. The van der Waals surface area contributed by atoms with Gasteiger partial charge in [-0.25, -0.2) is 4.79 Å². The number of ether oxygens (including phenoxy) is 1. The van der Waals surface area contributed by atoms with E-state index in [0.717, 1.165) is 11.1 Å². The number of hydrogen-bond acceptors (Lipinski definition) is 2. The lowest BCUT2D eigenvalue weighted by atomic mass is 10.0. The first-order chi connectivity index (χ1) is 9.20. The summed E-state index contributed by atoms with van der Waals surface area (Å²) in [5, 5.41) is 0. The van der Waals surface area contributed by atoms with Crippen LogP contribution in [-0.4, -0.2) is 5.97 Å². The van der Waals surface area contributed by atoms with E-state index in [2.05, 4.69) is 0 Å². The molecule has 0 N–H and O–H groups in total. The number of para-hydroxylation sites is 1. The number of esters is 1. The van der Waals surface area contributed by atoms with Crippen LogP contribution in [0, 0.1) is 6.92 Å². The van der Waals surface area contributed by atoms with Gasteiger partial charge in [0.05, 0.1) is 5.57 Å². The largest absolute Gasteiger partial charge is 0.423 e. The van der Waals surface area contributed by atoms with Crippen molar-refractivity contribution in [3.8, 4) is 5.75 Å². The lowest BCUT2D eigenvalue weighted by Gasteiger charge is -2.08. The summed E-state index contributed by atoms with van der Waals surface area (Å²) in [6.07, 6.45) is 1.77. The van der Waals surface area contributed by atoms with Crippen LogP contribution >= 0.6 is 0 Å². The molecule has 19 heavy (non-hydrogen) atoms. The number of allylic oxidation sites excluding steroid dienone is 1. The number of rotatable bonds is 3. The highest BCUT2D eigenvalue weighted by Gasteiger charge is 2.13. The quantitative estimate of drug-likeness (QED) is 0.469. The van der Waals surface area contributed by atoms with Crippen molar-refractivity contribution < 1.29 is 9.53 Å². The Balaban J connectivity index is 2.19. The third kappa shape index (κ3) is 3.32. The normalized spacial score (nSPS) is 11.2. The Morgan fingerprint density at radius 3 is 2.21 bits per heavy atom. The molecule has 0 bridgehead atoms. The number of benzene rings is 2. The maximum absolute atomic E-state index is 12.1. The van der Waals surface area contributed by atoms with Crippen LogP contribution in [0.5, 0.6) is 5.75 Å². The molecule has 0 saturated heterocycles. The van der Waals surface area contributed by atoms with Gasteiger partial charge < -0.3 is 4.74 Å². The van der Waals surface area contributed by atoms with E-state index in [1.807, 2.05) is 56.3 Å². The minimum atomic E-state index is -0.336. The second-order valence-electron chi connectivity index (χ2n) is 4.27. The van der Waals surface area contributed by atoms with Crippen molar-refractivity contribution in [2.24, 2.45) is 0 Å². The molecule has 2 heteroatoms. The summed E-state index contributed by atoms with van der Waals surface area (Å²) in [6.45, 7) is 3.85. The Hall–Kier alpha value is -2.35. The first-order valence-corrected chi connectivity index (χ1v) is 6.21. The Bertz CT molecular complexity index is 580. The van der Waals surface area contributed by atoms with Gasteiger partial charge in [-0.15, -0.1) is 0 Å². The monoisotopic (exact) mass is 252 g/mol. The third-order valence-electron chi connectivity index (χ3n) is 2.82. The van der Waals surface area contributed by atoms with E-state index < -0.39 is 0 Å². The Morgan fingerprint density at radius 2 is 1.63 bits per heavy atom. The molecule has 0 atom stereocenters. The zero-order chi connectivity index (χ0) is 13.7. The van der Waals surface area contributed by atoms with E-state index in [-0.39, 0.29) is 5.97 Å². The Morgan fingerprint density at radius 1 is 1.00 bits per heavy atom. The first-order valence-electron chi connectivity index (χ1n) is 6.21. The SMILES string of the molecule is CC=C(C(=O)Oc1ccccc1)c1ccc(C)cc1. The molecule has 2 rings (SSSR count). The molecule has 2 aromatic carbocycles. The maximum atomic E-state index is 12.1. The molecule has 0 unspecified atom stereocenters. The van der Waals surface area contributed by atoms with Crippen molar-refractivity contribution in [3.63, 3.8) is 0 Å². The van der Waals surface area contributed by atoms with Crippen molar-refractivity contribution in [2.75, 3.05) is 0 Å². The molecular formula is C17H16O2. The molecule has 2 nitrogen and oxygen atoms in total. The first kappa shape index (κ1) is 13.1. The van der Waals surface area contributed by atoms with E-state index in [9.17, 15) is 4.79 Å². The summed E-state index contributed by atoms with van der Waals surface area (Å²) in [7, 11) is 0. The van der Waals surface area contributed by atoms with Gasteiger partial charge in [0.1, 0.15) is 5.75 Å². The standard InChI is InChI=1S/C17H16O2/c1-3-16(14-11-9-13(2)10-12-14)17(18)19-15-7-5-4-6-8-15/h3-12H,1-2H3. The van der Waals surface area contributed by atoms with E-state index in [1.54, 1.807) is 18.2 Å². The highest BCUT2D eigenvalue weighted by Crippen LogP contribution is 2.19. The van der Waals surface area contributed by atoms with Crippen LogP contribution in [0.2, 0.25) is 0 Å². The van der Waals surface area contributed by atoms with Gasteiger partial charge in [0, 0.05) is 0 Å². The van der Waals surface area contributed by atoms with Gasteiger partial charge in [-0.05, 0) is 31.5 Å². The lowest BCUT2D eigenvalue weighted by molar-refractivity contribution is -0.127. The maximum Gasteiger partial charge on any atom is 0.343 e. The van der Waals surface area contributed by atoms with Crippen LogP contribution in [0.4, 0.5) is 0 Å². The van der Waals surface area contributed by atoms with Crippen LogP contribution in [-0.2, 0) is 4.79 Å². The highest BCUT2D eigenvalue weighted by atomic mass is 16.5. The summed E-state index contributed by atoms with van der Waals surface area (Å²) in [5.41, 5.74) is 2.61. The predicted molar refractivity (Wildman–Crippen MR) is 76.9 cm³/mol. The van der Waals surface area contributed by atoms with Crippen LogP contribution in [0.25, 0.3) is 5.57 Å². The van der Waals surface area contributed by atoms with Crippen LogP contribution < -0.4 is 4.74 Å². The molecular weight excluding hydrogens is 236 g/mol. The summed E-state index contributed by atoms with van der Waals surface area (Å²) in [6, 6.07) is 16.9. The average molecular weight is 252 g/mol. The van der Waals surface area contributed by atoms with Crippen molar-refractivity contribution in [2.45, 2.75) is 13.8 Å². The minimum Gasteiger partial charge on any atom is -0.423 e. The van der Waals surface area contributed by atoms with Gasteiger partial charge in [0.25, 0.3) is 0 Å². The van der Waals surface area contributed by atoms with Gasteiger partial charge in [-0.1, -0.05) is 54.1 Å². The summed E-state index contributed by atoms with van der Waals surface area (Å²) in [4.78, 5) is 12.1. The van der Waals surface area contributed by atoms with E-state index >= 15 is 0 Å². The number of hydrogen-bond donors (Lipinski definition) is 0. The molecule has 0 aliphatic heterocycles. The van der Waals surface area contributed by atoms with Crippen LogP contribution in [0.1, 0.15) is 18.1 Å². The molecule has 0 spiro atoms. The minimum absolute atomic E-state index is 0.336. The van der Waals surface area contributed by atoms with Crippen LogP contribution in [0.3, 0.4) is 0 Å². The topological polar surface area (TPSA) is 26.3 Å². The highest BCUT2D eigenvalue weighted by molar-refractivity contribution is 6.17. The van der Waals surface area contributed by atoms with E-state index in [4.69, 9.17) is 4.74 Å². The summed E-state index contributed by atoms with van der Waals surface area (Å²) < 4.78 is 5.34. The Kier molecular flexibility index (Phi) is 4.14. The van der Waals surface area contributed by atoms with E-state index in [0.29, 0.717) is 11.3 Å². The van der Waals surface area contributed by atoms with Crippen LogP contribution in [0.15, 0.2) is 60.7 Å². The molecule has 96 valence electrons. The van der Waals surface area contributed by atoms with E-state index in [1.165, 1.54) is 0 Å². The lowest BCUT2D eigenvalue weighted by Crippen LogP contribution is -2.10. The van der Waals surface area contributed by atoms with Gasteiger partial charge in [-0.3, -0.25) is 0 Å². The molecule has 0 aromatic heterocycles. The van der Waals surface area contributed by atoms with Gasteiger partial charge in [-0.2, -0.15) is 0 Å². The predicted octanol–water partition coefficient (Wildman–Crippen LogP) is 4.00. The van der Waals surface area contributed by atoms with Gasteiger partial charge >= 0.3 is 5.97 Å². The number of carbonyl (C=O) groups is 1. The Labute approximate surface area is 113 Å². The zero-order valence-electron chi connectivity index (χ0n) is 11.1. The average Bonchev–Trinajstić information content (AvgIpc) is 2.43. The van der Waals surface area contributed by atoms with Crippen molar-refractivity contribution in [3.05, 3.63) is 71.8 Å². The second-order valence-corrected chi connectivity index (χ2v) is 4.27. The molecule has 0 radical (unpaired) electrons. The molecule has 0 aliphatic carbocycles. The summed E-state index contributed by atoms with van der Waals surface area (Å²) >= 11 is 0. The number of aryl methyl sites for hydroxylation is 1. The molecule has 0 amide bonds. The molecule has 0 saturated carbocycles. The van der Waals surface area contributed by atoms with Crippen molar-refractivity contribution in [1.29, 1.82) is 0 Å². The molecule has 0 fully saturated rings. The van der Waals surface area contributed by atoms with Gasteiger partial charge in [0.2, 0.25) is 0 Å². The fourth-order valence-electron chi connectivity index (χ4n) is 1.79. The fourth-order valence-corrected chi connectivity index (χ4v) is 1.79. The second kappa shape index (κ2) is 6.01. The third-order valence-corrected chi connectivity index (χ3v) is 2.82. The zero-order valence-corrected chi connectivity index (χ0v) is 11.1. The van der Waals surface area contributed by atoms with Gasteiger partial charge in [0.15, 0.2) is 0 Å². The summed E-state index contributed by atoms with van der Waals surface area (Å²) in [5.74, 6) is 0.219. The smallest absolute Gasteiger partial charge is 0.343 e. The van der Waals surface area contributed by atoms with Crippen molar-refractivity contribution >= 4 is 11.5 Å².